The molecule has 0 unspecified atom stereocenters. The van der Waals surface area contributed by atoms with Gasteiger partial charge in [0.05, 0.1) is 61.6 Å². The monoisotopic (exact) mass is 1140 g/mol. The number of benzene rings is 6. The Bertz CT molecular complexity index is 2750. The Morgan fingerprint density at radius 2 is 0.632 bits per heavy atom. The number of ether oxygens (including phenoxy) is 1. The second kappa shape index (κ2) is 20.2. The molecule has 0 N–H and O–H groups in total. The fraction of sp³-hybridized carbons (Fsp3) is 0.255. The highest BCUT2D eigenvalue weighted by atomic mass is 32.2. The summed E-state index contributed by atoms with van der Waals surface area (Å²) in [6.45, 7) is 0. The van der Waals surface area contributed by atoms with E-state index in [4.69, 9.17) is 4.74 Å². The maximum atomic E-state index is 14.2. The number of halogens is 24. The van der Waals surface area contributed by atoms with Crippen LogP contribution in [0.15, 0.2) is 109 Å². The van der Waals surface area contributed by atoms with Crippen molar-refractivity contribution in [3.05, 3.63) is 159 Å². The van der Waals surface area contributed by atoms with Gasteiger partial charge in [0.2, 0.25) is 5.78 Å². The summed E-state index contributed by atoms with van der Waals surface area (Å²) in [4.78, 5) is 12.3. The maximum Gasteiger partial charge on any atom is 0.416 e. The highest BCUT2D eigenvalue weighted by Gasteiger charge is 2.47. The molecule has 412 valence electrons. The molecule has 0 amide bonds. The van der Waals surface area contributed by atoms with Crippen LogP contribution < -0.4 is 26.6 Å². The molecule has 0 spiro atoms. The summed E-state index contributed by atoms with van der Waals surface area (Å²) in [5.74, 6) is 0.721. The molecule has 0 aromatic heterocycles. The van der Waals surface area contributed by atoms with Crippen LogP contribution in [0, 0.1) is 0 Å². The third-order valence-electron chi connectivity index (χ3n) is 11.3. The molecule has 0 bridgehead atoms. The first-order chi connectivity index (χ1) is 34.2. The Hall–Kier alpha value is -6.42. The molecule has 0 aliphatic rings. The number of Topliss-reactive ketones (excluding diaryl/α,β-unsaturated/α-hetero) is 1. The van der Waals surface area contributed by atoms with Gasteiger partial charge in [0, 0.05) is 10.9 Å². The zero-order valence-electron chi connectivity index (χ0n) is 37.9. The number of fused-ring (bicyclic) bond motifs is 1. The van der Waals surface area contributed by atoms with Gasteiger partial charge in [-0.3, -0.25) is 4.79 Å². The molecule has 0 saturated carbocycles. The molecule has 0 aliphatic carbocycles. The fourth-order valence-corrected chi connectivity index (χ4v) is 8.94. The van der Waals surface area contributed by atoms with Gasteiger partial charge in [-0.25, -0.2) is 0 Å². The van der Waals surface area contributed by atoms with E-state index in [0.29, 0.717) is 5.56 Å². The topological polar surface area (TPSA) is 43.4 Å². The molecular weight excluding hydrogens is 1110 g/mol. The van der Waals surface area contributed by atoms with E-state index in [1.54, 1.807) is 31.8 Å². The van der Waals surface area contributed by atoms with Gasteiger partial charge in [-0.05, 0) is 41.8 Å². The van der Waals surface area contributed by atoms with Crippen LogP contribution in [-0.4, -0.2) is 37.3 Å². The maximum absolute atomic E-state index is 14.2. The van der Waals surface area contributed by atoms with E-state index in [2.05, 4.69) is 0 Å². The summed E-state index contributed by atoms with van der Waals surface area (Å²) >= 11 is 0. The largest absolute Gasteiger partial charge is 0.496 e. The average Bonchev–Trinajstić information content (AvgIpc) is 3.26. The van der Waals surface area contributed by atoms with Crippen LogP contribution in [0.5, 0.6) is 5.75 Å². The van der Waals surface area contributed by atoms with E-state index in [1.165, 1.54) is 0 Å². The highest BCUT2D eigenvalue weighted by molar-refractivity contribution is 8.02. The van der Waals surface area contributed by atoms with E-state index in [1.807, 2.05) is 24.3 Å². The van der Waals surface area contributed by atoms with Crippen LogP contribution in [0.2, 0.25) is 0 Å². The van der Waals surface area contributed by atoms with E-state index in [9.17, 15) is 114 Å². The molecule has 6 rings (SSSR count). The summed E-state index contributed by atoms with van der Waals surface area (Å²) in [6.07, 6.45) is -51.6. The Balaban J connectivity index is 0.000000468. The van der Waals surface area contributed by atoms with Crippen molar-refractivity contribution in [1.82, 2.24) is 0 Å². The Morgan fingerprint density at radius 3 is 0.842 bits per heavy atom. The van der Waals surface area contributed by atoms with Crippen molar-refractivity contribution in [3.8, 4) is 5.75 Å². The highest BCUT2D eigenvalue weighted by Crippen LogP contribution is 2.42. The second-order valence-corrected chi connectivity index (χ2v) is 20.3. The van der Waals surface area contributed by atoms with Gasteiger partial charge in [-0.15, -0.1) is 4.21 Å². The molecule has 6 aromatic carbocycles. The molecule has 0 atom stereocenters. The first-order valence-electron chi connectivity index (χ1n) is 20.5. The zero-order chi connectivity index (χ0) is 58.0. The molecule has 0 fully saturated rings. The number of rotatable bonds is 8. The Kier molecular flexibility index (Phi) is 16.1. The molecule has 0 aliphatic heterocycles. The van der Waals surface area contributed by atoms with Crippen molar-refractivity contribution < 1.29 is 119 Å². The summed E-state index contributed by atoms with van der Waals surface area (Å²) in [5, 5.41) is 1.74. The number of methoxy groups -OCH3 is 1. The minimum atomic E-state index is -6.13. The smallest absolute Gasteiger partial charge is 0.416 e. The standard InChI is InChI=1S/C32H12BF24.C15H17O3S/c34-25(35,36)13-1-14(26(37,38)39)6-21(5-13)33(22-7-15(27(40,41)42)2-16(8-22)28(43,44)45,23-9-17(29(46,47)48)3-18(10-23)30(49,50)51)24-11-19(31(52,53)54)4-20(12-24)32(55,56)57;1-18-15-9-8-12(14(16)10-19(2,3)17)11-6-4-5-7-13(11)15/h1-12H;4-9H,10H2,1-3H3/q-1;+1. The number of alkyl halides is 24. The molecule has 0 radical (unpaired) electrons. The van der Waals surface area contributed by atoms with Crippen molar-refractivity contribution in [2.24, 2.45) is 0 Å². The Labute approximate surface area is 412 Å². The van der Waals surface area contributed by atoms with E-state index in [-0.39, 0.29) is 11.5 Å². The second-order valence-electron chi connectivity index (χ2n) is 17.1. The summed E-state index contributed by atoms with van der Waals surface area (Å²) in [7, 11) is -0.481. The van der Waals surface area contributed by atoms with Crippen molar-refractivity contribution in [1.29, 1.82) is 0 Å². The number of carbonyl (C=O) groups excluding carboxylic acids is 1. The lowest BCUT2D eigenvalue weighted by Crippen LogP contribution is -2.75. The summed E-state index contributed by atoms with van der Waals surface area (Å²) in [5.41, 5.74) is -29.6. The van der Waals surface area contributed by atoms with E-state index in [0.717, 1.165) is 16.5 Å². The van der Waals surface area contributed by atoms with Crippen LogP contribution in [0.3, 0.4) is 0 Å². The lowest BCUT2D eigenvalue weighted by atomic mass is 9.12. The molecule has 29 heteroatoms. The normalized spacial score (nSPS) is 13.6. The van der Waals surface area contributed by atoms with Gasteiger partial charge in [-0.2, -0.15) is 127 Å². The number of hydrogen-bond acceptors (Lipinski definition) is 3. The third kappa shape index (κ3) is 13.6. The minimum Gasteiger partial charge on any atom is -0.496 e. The lowest BCUT2D eigenvalue weighted by Gasteiger charge is -2.46. The number of ketones is 1. The predicted molar refractivity (Wildman–Crippen MR) is 230 cm³/mol. The summed E-state index contributed by atoms with van der Waals surface area (Å²) in [6, 6.07) is 2.31. The van der Waals surface area contributed by atoms with Crippen LogP contribution in [0.4, 0.5) is 105 Å². The van der Waals surface area contributed by atoms with Crippen molar-refractivity contribution in [2.45, 2.75) is 49.4 Å². The van der Waals surface area contributed by atoms with Gasteiger partial charge >= 0.3 is 49.4 Å². The van der Waals surface area contributed by atoms with Crippen LogP contribution in [-0.2, 0) is 63.6 Å². The predicted octanol–water partition coefficient (Wildman–Crippen LogP) is 14.0. The van der Waals surface area contributed by atoms with Gasteiger partial charge < -0.3 is 4.74 Å². The molecule has 0 saturated heterocycles. The molecular formula is C47H29BF24O3S. The van der Waals surface area contributed by atoms with Crippen LogP contribution in [0.1, 0.15) is 54.9 Å². The average molecular weight is 1140 g/mol. The van der Waals surface area contributed by atoms with Gasteiger partial charge in [0.25, 0.3) is 0 Å². The Morgan fingerprint density at radius 1 is 0.395 bits per heavy atom. The van der Waals surface area contributed by atoms with E-state index >= 15 is 0 Å². The molecule has 6 aromatic rings. The van der Waals surface area contributed by atoms with Crippen molar-refractivity contribution >= 4 is 54.5 Å². The van der Waals surface area contributed by atoms with Gasteiger partial charge in [0.15, 0.2) is 5.75 Å². The quantitative estimate of drug-likeness (QED) is 0.0660. The van der Waals surface area contributed by atoms with Crippen LogP contribution in [0.25, 0.3) is 10.8 Å². The van der Waals surface area contributed by atoms with Crippen LogP contribution >= 0.6 is 0 Å². The minimum absolute atomic E-state index is 0.0727. The van der Waals surface area contributed by atoms with Crippen molar-refractivity contribution in [2.75, 3.05) is 25.4 Å². The molecule has 0 heterocycles. The zero-order valence-corrected chi connectivity index (χ0v) is 38.7. The van der Waals surface area contributed by atoms with E-state index < -0.39 is 205 Å². The number of carbonyl (C=O) groups is 1. The third-order valence-corrected chi connectivity index (χ3v) is 12.3. The van der Waals surface area contributed by atoms with Crippen molar-refractivity contribution in [3.63, 3.8) is 0 Å². The lowest BCUT2D eigenvalue weighted by molar-refractivity contribution is -0.144. The molecule has 3 nitrogen and oxygen atoms in total. The van der Waals surface area contributed by atoms with Gasteiger partial charge in [-0.1, -0.05) is 72.8 Å². The SMILES string of the molecule is COc1ccc(C(=O)C[S+](C)(C)=O)c2ccccc12.FC(F)(F)c1cc([B-](c2cc(C(F)(F)F)cc(C(F)(F)F)c2)(c2cc(C(F)(F)F)cc(C(F)(F)F)c2)c2cc(C(F)(F)F)cc(C(F)(F)F)c2)cc(C(F)(F)F)c1. The first-order valence-corrected chi connectivity index (χ1v) is 23.1. The first kappa shape index (κ1) is 60.4. The summed E-state index contributed by atoms with van der Waals surface area (Å²) < 4.78 is 358. The van der Waals surface area contributed by atoms with Gasteiger partial charge in [0.1, 0.15) is 24.4 Å². The number of hydrogen-bond donors (Lipinski definition) is 0. The fourth-order valence-electron chi connectivity index (χ4n) is 8.16. The molecule has 76 heavy (non-hydrogen) atoms.